The van der Waals surface area contributed by atoms with Gasteiger partial charge in [-0.05, 0) is 36.4 Å². The van der Waals surface area contributed by atoms with E-state index < -0.39 is 10.0 Å². The first-order valence-corrected chi connectivity index (χ1v) is 9.01. The van der Waals surface area contributed by atoms with E-state index in [9.17, 15) is 8.42 Å². The smallest absolute Gasteiger partial charge is 0.215 e. The Morgan fingerprint density at radius 1 is 1.24 bits per heavy atom. The molecule has 0 unspecified atom stereocenters. The molecule has 5 nitrogen and oxygen atoms in total. The highest BCUT2D eigenvalue weighted by Crippen LogP contribution is 2.20. The zero-order chi connectivity index (χ0) is 15.3. The van der Waals surface area contributed by atoms with Gasteiger partial charge in [-0.2, -0.15) is 4.31 Å². The fraction of sp³-hybridized carbons (Fsp3) is 0.286. The number of nitrogens with two attached hydrogens (primary N) is 1. The van der Waals surface area contributed by atoms with E-state index in [0.717, 1.165) is 4.90 Å². The third kappa shape index (κ3) is 4.80. The normalized spacial score (nSPS) is 11.9. The SMILES string of the molecule is CN(Cc1ccco1)S(=O)(=O)CCSc1ccc(N)cc1. The standard InChI is InChI=1S/C14H18N2O3S2/c1-16(11-13-3-2-8-19-13)21(17,18)10-9-20-14-6-4-12(15)5-7-14/h2-8H,9-11,15H2,1H3. The van der Waals surface area contributed by atoms with E-state index >= 15 is 0 Å². The molecule has 0 aliphatic heterocycles. The first-order chi connectivity index (χ1) is 9.97. The van der Waals surface area contributed by atoms with Crippen LogP contribution in [0.1, 0.15) is 5.76 Å². The number of benzene rings is 1. The topological polar surface area (TPSA) is 76.5 Å². The lowest BCUT2D eigenvalue weighted by Crippen LogP contribution is -2.29. The van der Waals surface area contributed by atoms with Crippen LogP contribution in [0.25, 0.3) is 0 Å². The van der Waals surface area contributed by atoms with Gasteiger partial charge in [-0.3, -0.25) is 0 Å². The van der Waals surface area contributed by atoms with Crippen LogP contribution < -0.4 is 5.73 Å². The lowest BCUT2D eigenvalue weighted by atomic mass is 10.3. The van der Waals surface area contributed by atoms with Gasteiger partial charge in [0.2, 0.25) is 10.0 Å². The minimum Gasteiger partial charge on any atom is -0.468 e. The third-order valence-electron chi connectivity index (χ3n) is 2.92. The molecular weight excluding hydrogens is 308 g/mol. The van der Waals surface area contributed by atoms with E-state index in [0.29, 0.717) is 17.2 Å². The number of anilines is 1. The van der Waals surface area contributed by atoms with Crippen molar-refractivity contribution in [1.82, 2.24) is 4.31 Å². The van der Waals surface area contributed by atoms with Gasteiger partial charge >= 0.3 is 0 Å². The molecule has 7 heteroatoms. The highest BCUT2D eigenvalue weighted by atomic mass is 32.2. The lowest BCUT2D eigenvalue weighted by Gasteiger charge is -2.15. The molecule has 2 aromatic rings. The van der Waals surface area contributed by atoms with Gasteiger partial charge in [0.1, 0.15) is 5.76 Å². The van der Waals surface area contributed by atoms with Crippen molar-refractivity contribution in [3.8, 4) is 0 Å². The molecule has 1 aromatic carbocycles. The Kier molecular flexibility index (Phi) is 5.33. The van der Waals surface area contributed by atoms with Gasteiger partial charge < -0.3 is 10.2 Å². The molecule has 1 heterocycles. The maximum Gasteiger partial charge on any atom is 0.215 e. The first kappa shape index (κ1) is 15.9. The van der Waals surface area contributed by atoms with Gasteiger partial charge in [0.05, 0.1) is 18.6 Å². The number of nitrogens with zero attached hydrogens (tertiary/aromatic N) is 1. The van der Waals surface area contributed by atoms with Crippen molar-refractivity contribution in [1.29, 1.82) is 0 Å². The van der Waals surface area contributed by atoms with Crippen LogP contribution in [0, 0.1) is 0 Å². The quantitative estimate of drug-likeness (QED) is 0.624. The number of rotatable bonds is 7. The molecule has 0 fully saturated rings. The van der Waals surface area contributed by atoms with Crippen LogP contribution in [0.2, 0.25) is 0 Å². The van der Waals surface area contributed by atoms with Crippen molar-refractivity contribution in [2.45, 2.75) is 11.4 Å². The highest BCUT2D eigenvalue weighted by Gasteiger charge is 2.18. The molecule has 21 heavy (non-hydrogen) atoms. The van der Waals surface area contributed by atoms with Crippen molar-refractivity contribution in [3.05, 3.63) is 48.4 Å². The van der Waals surface area contributed by atoms with Gasteiger partial charge in [0.25, 0.3) is 0 Å². The Morgan fingerprint density at radius 2 is 1.95 bits per heavy atom. The van der Waals surface area contributed by atoms with Crippen molar-refractivity contribution in [2.24, 2.45) is 0 Å². The zero-order valence-corrected chi connectivity index (χ0v) is 13.4. The van der Waals surface area contributed by atoms with E-state index in [-0.39, 0.29) is 12.3 Å². The van der Waals surface area contributed by atoms with Crippen LogP contribution in [0.3, 0.4) is 0 Å². The molecule has 0 spiro atoms. The zero-order valence-electron chi connectivity index (χ0n) is 11.7. The van der Waals surface area contributed by atoms with Crippen LogP contribution in [0.15, 0.2) is 52.0 Å². The molecule has 0 saturated carbocycles. The minimum absolute atomic E-state index is 0.0826. The summed E-state index contributed by atoms with van der Waals surface area (Å²) in [7, 11) is -1.73. The summed E-state index contributed by atoms with van der Waals surface area (Å²) in [5.41, 5.74) is 6.31. The summed E-state index contributed by atoms with van der Waals surface area (Å²) in [4.78, 5) is 1.01. The maximum absolute atomic E-state index is 12.2. The summed E-state index contributed by atoms with van der Waals surface area (Å²) in [5.74, 6) is 1.21. The van der Waals surface area contributed by atoms with Crippen LogP contribution in [-0.4, -0.2) is 31.3 Å². The molecule has 2 N–H and O–H groups in total. The second-order valence-corrected chi connectivity index (χ2v) is 7.93. The second kappa shape index (κ2) is 7.02. The van der Waals surface area contributed by atoms with Gasteiger partial charge in [0.15, 0.2) is 0 Å². The van der Waals surface area contributed by atoms with Crippen LogP contribution in [0.5, 0.6) is 0 Å². The molecule has 0 amide bonds. The number of sulfonamides is 1. The van der Waals surface area contributed by atoms with E-state index in [2.05, 4.69) is 0 Å². The monoisotopic (exact) mass is 326 g/mol. The molecule has 0 radical (unpaired) electrons. The van der Waals surface area contributed by atoms with Gasteiger partial charge in [-0.25, -0.2) is 8.42 Å². The van der Waals surface area contributed by atoms with Crippen LogP contribution in [0.4, 0.5) is 5.69 Å². The molecule has 1 aromatic heterocycles. The first-order valence-electron chi connectivity index (χ1n) is 6.42. The molecule has 0 bridgehead atoms. The van der Waals surface area contributed by atoms with Crippen molar-refractivity contribution >= 4 is 27.5 Å². The number of hydrogen-bond acceptors (Lipinski definition) is 5. The lowest BCUT2D eigenvalue weighted by molar-refractivity contribution is 0.407. The van der Waals surface area contributed by atoms with Crippen molar-refractivity contribution < 1.29 is 12.8 Å². The fourth-order valence-electron chi connectivity index (χ4n) is 1.71. The van der Waals surface area contributed by atoms with E-state index in [4.69, 9.17) is 10.2 Å². The summed E-state index contributed by atoms with van der Waals surface area (Å²) in [6.07, 6.45) is 1.53. The largest absolute Gasteiger partial charge is 0.468 e. The number of nitrogen functional groups attached to an aromatic ring is 1. The molecule has 0 atom stereocenters. The van der Waals surface area contributed by atoms with Crippen LogP contribution in [-0.2, 0) is 16.6 Å². The Hall–Kier alpha value is -1.44. The third-order valence-corrected chi connectivity index (χ3v) is 5.99. The summed E-state index contributed by atoms with van der Waals surface area (Å²) < 4.78 is 30.8. The predicted octanol–water partition coefficient (Wildman–Crippen LogP) is 2.42. The average Bonchev–Trinajstić information content (AvgIpc) is 2.94. The summed E-state index contributed by atoms with van der Waals surface area (Å²) >= 11 is 1.50. The Morgan fingerprint density at radius 3 is 2.57 bits per heavy atom. The summed E-state index contributed by atoms with van der Waals surface area (Å²) in [6, 6.07) is 10.9. The Balaban J connectivity index is 1.84. The fourth-order valence-corrected chi connectivity index (χ4v) is 4.08. The molecule has 0 aliphatic carbocycles. The van der Waals surface area contributed by atoms with E-state index in [1.807, 2.05) is 12.1 Å². The highest BCUT2D eigenvalue weighted by molar-refractivity contribution is 8.00. The molecular formula is C14H18N2O3S2. The van der Waals surface area contributed by atoms with Gasteiger partial charge in [0, 0.05) is 23.4 Å². The van der Waals surface area contributed by atoms with Crippen molar-refractivity contribution in [3.63, 3.8) is 0 Å². The van der Waals surface area contributed by atoms with E-state index in [1.165, 1.54) is 22.3 Å². The van der Waals surface area contributed by atoms with Gasteiger partial charge in [-0.1, -0.05) is 0 Å². The number of thioether (sulfide) groups is 1. The molecule has 2 rings (SSSR count). The second-order valence-electron chi connectivity index (χ2n) is 4.57. The molecule has 0 saturated heterocycles. The number of hydrogen-bond donors (Lipinski definition) is 1. The summed E-state index contributed by atoms with van der Waals surface area (Å²) in [6.45, 7) is 0.252. The molecule has 0 aliphatic rings. The molecule has 114 valence electrons. The van der Waals surface area contributed by atoms with E-state index in [1.54, 1.807) is 31.3 Å². The Labute approximate surface area is 129 Å². The van der Waals surface area contributed by atoms with Gasteiger partial charge in [-0.15, -0.1) is 11.8 Å². The minimum atomic E-state index is -3.29. The van der Waals surface area contributed by atoms with Crippen LogP contribution >= 0.6 is 11.8 Å². The average molecular weight is 326 g/mol. The predicted molar refractivity (Wildman–Crippen MR) is 85.5 cm³/mol. The number of furan rings is 1. The van der Waals surface area contributed by atoms with Crippen molar-refractivity contribution in [2.75, 3.05) is 24.3 Å². The Bertz CT molecular complexity index is 652. The summed E-state index contributed by atoms with van der Waals surface area (Å²) in [5, 5.41) is 0. The maximum atomic E-state index is 12.2.